The van der Waals surface area contributed by atoms with Crippen LogP contribution in [0.5, 0.6) is 17.2 Å². The highest BCUT2D eigenvalue weighted by Gasteiger charge is 2.13. The van der Waals surface area contributed by atoms with Crippen molar-refractivity contribution in [2.45, 2.75) is 13.2 Å². The number of ether oxygens (including phenoxy) is 3. The lowest BCUT2D eigenvalue weighted by Crippen LogP contribution is -2.06. The minimum Gasteiger partial charge on any atom is -0.493 e. The first kappa shape index (κ1) is 18.4. The Morgan fingerprint density at radius 1 is 1.04 bits per heavy atom. The second-order valence-electron chi connectivity index (χ2n) is 5.31. The molecule has 3 rings (SSSR count). The monoisotopic (exact) mass is 377 g/mol. The van der Waals surface area contributed by atoms with E-state index in [1.165, 1.54) is 13.2 Å². The minimum absolute atomic E-state index is 0.0344. The highest BCUT2D eigenvalue weighted by Crippen LogP contribution is 2.31. The summed E-state index contributed by atoms with van der Waals surface area (Å²) in [5.41, 5.74) is 1.08. The molecule has 0 bridgehead atoms. The molecule has 0 fully saturated rings. The molecule has 0 atom stereocenters. The molecular formula is C18H17F2N3O4. The van der Waals surface area contributed by atoms with Crippen molar-refractivity contribution in [2.24, 2.45) is 0 Å². The molecule has 2 aromatic carbocycles. The van der Waals surface area contributed by atoms with Crippen LogP contribution in [0.2, 0.25) is 0 Å². The molecular weight excluding hydrogens is 360 g/mol. The zero-order chi connectivity index (χ0) is 19.2. The molecule has 3 aromatic rings. The zero-order valence-electron chi connectivity index (χ0n) is 14.6. The Hall–Kier alpha value is -3.36. The number of nitrogens with one attached hydrogen (secondary N) is 1. The van der Waals surface area contributed by atoms with Gasteiger partial charge < -0.3 is 24.1 Å². The lowest BCUT2D eigenvalue weighted by Gasteiger charge is -2.10. The van der Waals surface area contributed by atoms with Crippen molar-refractivity contribution in [2.75, 3.05) is 19.5 Å². The molecule has 0 saturated heterocycles. The average Bonchev–Trinajstić information content (AvgIpc) is 3.15. The average molecular weight is 377 g/mol. The predicted molar refractivity (Wildman–Crippen MR) is 93.2 cm³/mol. The van der Waals surface area contributed by atoms with E-state index in [-0.39, 0.29) is 18.2 Å². The van der Waals surface area contributed by atoms with Gasteiger partial charge in [-0.05, 0) is 30.3 Å². The van der Waals surface area contributed by atoms with Gasteiger partial charge in [0.2, 0.25) is 11.7 Å². The molecule has 9 heteroatoms. The Kier molecular flexibility index (Phi) is 5.70. The number of benzene rings is 2. The highest BCUT2D eigenvalue weighted by molar-refractivity contribution is 5.61. The van der Waals surface area contributed by atoms with Gasteiger partial charge in [-0.3, -0.25) is 0 Å². The quantitative estimate of drug-likeness (QED) is 0.636. The highest BCUT2D eigenvalue weighted by atomic mass is 19.3. The third kappa shape index (κ3) is 4.43. The Bertz CT molecular complexity index is 902. The molecule has 0 aliphatic heterocycles. The number of alkyl halides is 2. The molecule has 0 spiro atoms. The van der Waals surface area contributed by atoms with Crippen molar-refractivity contribution < 1.29 is 27.5 Å². The molecule has 142 valence electrons. The van der Waals surface area contributed by atoms with Gasteiger partial charge in [0.15, 0.2) is 11.5 Å². The van der Waals surface area contributed by atoms with E-state index in [9.17, 15) is 8.78 Å². The van der Waals surface area contributed by atoms with Gasteiger partial charge in [-0.1, -0.05) is 17.3 Å². The van der Waals surface area contributed by atoms with Crippen LogP contribution in [0.4, 0.5) is 14.5 Å². The second kappa shape index (κ2) is 8.35. The van der Waals surface area contributed by atoms with Crippen LogP contribution in [0, 0.1) is 0 Å². The smallest absolute Gasteiger partial charge is 0.387 e. The fourth-order valence-corrected chi connectivity index (χ4v) is 2.40. The van der Waals surface area contributed by atoms with Crippen molar-refractivity contribution in [3.63, 3.8) is 0 Å². The molecule has 27 heavy (non-hydrogen) atoms. The van der Waals surface area contributed by atoms with Gasteiger partial charge in [0, 0.05) is 5.56 Å². The third-order valence-corrected chi connectivity index (χ3v) is 3.64. The SMILES string of the molecule is COc1ccc(-c2noc(CNc3ccccc3OC(F)F)n2)cc1OC. The summed E-state index contributed by atoms with van der Waals surface area (Å²) in [5, 5.41) is 6.87. The summed E-state index contributed by atoms with van der Waals surface area (Å²) in [4.78, 5) is 4.29. The standard InChI is InChI=1S/C18H17F2N3O4/c1-24-14-8-7-11(9-15(14)25-2)17-22-16(27-23-17)10-21-12-5-3-4-6-13(12)26-18(19)20/h3-9,18,21H,10H2,1-2H3. The van der Waals surface area contributed by atoms with Crippen molar-refractivity contribution in [3.05, 3.63) is 48.4 Å². The number of para-hydroxylation sites is 2. The molecule has 0 unspecified atom stereocenters. The minimum atomic E-state index is -2.91. The zero-order valence-corrected chi connectivity index (χ0v) is 14.6. The summed E-state index contributed by atoms with van der Waals surface area (Å²) < 4.78 is 45.0. The van der Waals surface area contributed by atoms with Gasteiger partial charge in [0.25, 0.3) is 0 Å². The summed E-state index contributed by atoms with van der Waals surface area (Å²) in [7, 11) is 3.08. The Labute approximate surface area is 153 Å². The van der Waals surface area contributed by atoms with Gasteiger partial charge in [0.05, 0.1) is 26.5 Å². The first-order chi connectivity index (χ1) is 13.1. The molecule has 0 radical (unpaired) electrons. The number of nitrogens with zero attached hydrogens (tertiary/aromatic N) is 2. The first-order valence-electron chi connectivity index (χ1n) is 7.93. The maximum Gasteiger partial charge on any atom is 0.387 e. The summed E-state index contributed by atoms with van der Waals surface area (Å²) in [5.74, 6) is 1.81. The van der Waals surface area contributed by atoms with Gasteiger partial charge in [-0.15, -0.1) is 0 Å². The number of rotatable bonds is 8. The Morgan fingerprint density at radius 2 is 1.81 bits per heavy atom. The van der Waals surface area contributed by atoms with Crippen LogP contribution in [0.25, 0.3) is 11.4 Å². The maximum atomic E-state index is 12.5. The molecule has 0 amide bonds. The first-order valence-corrected chi connectivity index (χ1v) is 7.93. The van der Waals surface area contributed by atoms with E-state index in [2.05, 4.69) is 20.2 Å². The van der Waals surface area contributed by atoms with Crippen molar-refractivity contribution in [1.82, 2.24) is 10.1 Å². The van der Waals surface area contributed by atoms with Gasteiger partial charge in [0.1, 0.15) is 5.75 Å². The van der Waals surface area contributed by atoms with E-state index in [1.807, 2.05) is 0 Å². The molecule has 0 saturated carbocycles. The lowest BCUT2D eigenvalue weighted by molar-refractivity contribution is -0.0493. The van der Waals surface area contributed by atoms with Crippen LogP contribution in [0.1, 0.15) is 5.89 Å². The number of hydrogen-bond donors (Lipinski definition) is 1. The Balaban J connectivity index is 1.72. The van der Waals surface area contributed by atoms with Crippen molar-refractivity contribution in [1.29, 1.82) is 0 Å². The summed E-state index contributed by atoms with van der Waals surface area (Å²) in [6.45, 7) is -2.77. The van der Waals surface area contributed by atoms with Crippen LogP contribution in [0.3, 0.4) is 0 Å². The summed E-state index contributed by atoms with van der Waals surface area (Å²) in [6, 6.07) is 11.6. The van der Waals surface area contributed by atoms with Crippen LogP contribution >= 0.6 is 0 Å². The van der Waals surface area contributed by atoms with E-state index in [1.54, 1.807) is 43.5 Å². The van der Waals surface area contributed by atoms with Crippen LogP contribution in [0.15, 0.2) is 47.0 Å². The van der Waals surface area contributed by atoms with Crippen molar-refractivity contribution >= 4 is 5.69 Å². The van der Waals surface area contributed by atoms with E-state index in [0.29, 0.717) is 28.6 Å². The number of methoxy groups -OCH3 is 2. The van der Waals surface area contributed by atoms with Crippen LogP contribution in [-0.2, 0) is 6.54 Å². The van der Waals surface area contributed by atoms with E-state index in [4.69, 9.17) is 14.0 Å². The van der Waals surface area contributed by atoms with Crippen molar-refractivity contribution in [3.8, 4) is 28.6 Å². The normalized spacial score (nSPS) is 10.7. The Morgan fingerprint density at radius 3 is 2.56 bits per heavy atom. The third-order valence-electron chi connectivity index (χ3n) is 3.64. The molecule has 1 N–H and O–H groups in total. The predicted octanol–water partition coefficient (Wildman–Crippen LogP) is 3.97. The molecule has 7 nitrogen and oxygen atoms in total. The van der Waals surface area contributed by atoms with Gasteiger partial charge >= 0.3 is 6.61 Å². The largest absolute Gasteiger partial charge is 0.493 e. The molecule has 0 aliphatic carbocycles. The van der Waals surface area contributed by atoms with Gasteiger partial charge in [-0.2, -0.15) is 13.8 Å². The number of anilines is 1. The molecule has 0 aliphatic rings. The second-order valence-corrected chi connectivity index (χ2v) is 5.31. The molecule has 1 heterocycles. The lowest BCUT2D eigenvalue weighted by atomic mass is 10.2. The number of halogens is 2. The van der Waals surface area contributed by atoms with E-state index < -0.39 is 6.61 Å². The maximum absolute atomic E-state index is 12.5. The van der Waals surface area contributed by atoms with E-state index >= 15 is 0 Å². The van der Waals surface area contributed by atoms with Crippen LogP contribution in [-0.4, -0.2) is 31.0 Å². The topological polar surface area (TPSA) is 78.6 Å². The number of aromatic nitrogens is 2. The van der Waals surface area contributed by atoms with Crippen LogP contribution < -0.4 is 19.5 Å². The summed E-state index contributed by atoms with van der Waals surface area (Å²) >= 11 is 0. The van der Waals surface area contributed by atoms with Gasteiger partial charge in [-0.25, -0.2) is 0 Å². The van der Waals surface area contributed by atoms with E-state index in [0.717, 1.165) is 0 Å². The summed E-state index contributed by atoms with van der Waals surface area (Å²) in [6.07, 6.45) is 0. The molecule has 1 aromatic heterocycles. The fraction of sp³-hybridized carbons (Fsp3) is 0.222. The fourth-order valence-electron chi connectivity index (χ4n) is 2.40. The number of hydrogen-bond acceptors (Lipinski definition) is 7.